The number of hydrogen-bond donors (Lipinski definition) is 2. The minimum atomic E-state index is -0.558. The Balaban J connectivity index is 1.35. The smallest absolute Gasteiger partial charge is 0.275 e. The van der Waals surface area contributed by atoms with Gasteiger partial charge in [0.25, 0.3) is 5.91 Å². The zero-order valence-corrected chi connectivity index (χ0v) is 19.6. The third-order valence-electron chi connectivity index (χ3n) is 5.70. The van der Waals surface area contributed by atoms with Gasteiger partial charge in [-0.25, -0.2) is 15.4 Å². The van der Waals surface area contributed by atoms with Gasteiger partial charge in [0.1, 0.15) is 28.6 Å². The summed E-state index contributed by atoms with van der Waals surface area (Å²) in [5.41, 5.74) is 5.90. The summed E-state index contributed by atoms with van der Waals surface area (Å²) in [7, 11) is 5.70. The van der Waals surface area contributed by atoms with E-state index >= 15 is 0 Å². The van der Waals surface area contributed by atoms with Crippen molar-refractivity contribution in [3.05, 3.63) is 59.2 Å². The van der Waals surface area contributed by atoms with Crippen LogP contribution in [0.5, 0.6) is 11.5 Å². The number of carbonyl (C=O) groups excluding carboxylic acids is 1. The van der Waals surface area contributed by atoms with Gasteiger partial charge in [0.05, 0.1) is 12.2 Å². The molecule has 1 unspecified atom stereocenters. The highest BCUT2D eigenvalue weighted by atomic mass is 16.8. The molecule has 1 amide bonds. The van der Waals surface area contributed by atoms with Crippen molar-refractivity contribution >= 4 is 28.9 Å². The van der Waals surface area contributed by atoms with Gasteiger partial charge in [-0.15, -0.1) is 0 Å². The molecule has 1 aliphatic carbocycles. The number of fused-ring (bicyclic) bond motifs is 4. The number of aromatic hydroxyl groups is 1. The summed E-state index contributed by atoms with van der Waals surface area (Å²) < 4.78 is 5.66. The number of phenols is 1. The molecule has 0 spiro atoms. The molecule has 0 saturated heterocycles. The molecule has 0 radical (unpaired) electrons. The van der Waals surface area contributed by atoms with Crippen LogP contribution in [0.25, 0.3) is 0 Å². The van der Waals surface area contributed by atoms with Crippen molar-refractivity contribution in [2.75, 3.05) is 34.3 Å². The van der Waals surface area contributed by atoms with E-state index in [-0.39, 0.29) is 11.3 Å². The van der Waals surface area contributed by atoms with Gasteiger partial charge in [-0.2, -0.15) is 5.10 Å². The van der Waals surface area contributed by atoms with Crippen molar-refractivity contribution in [2.45, 2.75) is 12.6 Å². The summed E-state index contributed by atoms with van der Waals surface area (Å²) >= 11 is 0. The number of nitrogens with zero attached hydrogens (tertiary/aromatic N) is 6. The van der Waals surface area contributed by atoms with Gasteiger partial charge in [-0.3, -0.25) is 9.73 Å². The first kappa shape index (κ1) is 22.7. The van der Waals surface area contributed by atoms with Crippen LogP contribution < -0.4 is 10.2 Å². The van der Waals surface area contributed by atoms with E-state index in [0.717, 1.165) is 24.1 Å². The number of benzene rings is 2. The van der Waals surface area contributed by atoms with Crippen molar-refractivity contribution in [3.8, 4) is 11.5 Å². The van der Waals surface area contributed by atoms with Gasteiger partial charge in [0.2, 0.25) is 12.0 Å². The number of hydroxylamine groups is 2. The molecule has 2 heterocycles. The molecule has 180 valence electrons. The molecule has 2 N–H and O–H groups in total. The molecule has 2 aromatic rings. The number of carbonyl (C=O) groups is 1. The summed E-state index contributed by atoms with van der Waals surface area (Å²) in [6.45, 7) is 1.40. The van der Waals surface area contributed by atoms with Crippen molar-refractivity contribution < 1.29 is 19.6 Å². The Kier molecular flexibility index (Phi) is 6.01. The third kappa shape index (κ3) is 4.38. The maximum Gasteiger partial charge on any atom is 0.275 e. The number of ether oxygens (including phenoxy) is 1. The van der Waals surface area contributed by atoms with Crippen LogP contribution in [0.1, 0.15) is 27.9 Å². The van der Waals surface area contributed by atoms with Gasteiger partial charge in [0.15, 0.2) is 0 Å². The molecule has 2 aromatic carbocycles. The van der Waals surface area contributed by atoms with Crippen LogP contribution in [0, 0.1) is 0 Å². The summed E-state index contributed by atoms with van der Waals surface area (Å²) in [6, 6.07) is 12.2. The molecular formula is C24H25N7O4. The fourth-order valence-electron chi connectivity index (χ4n) is 3.96. The Morgan fingerprint density at radius 3 is 2.80 bits per heavy atom. The maximum atomic E-state index is 12.8. The minimum Gasteiger partial charge on any atom is -0.507 e. The second-order valence-electron chi connectivity index (χ2n) is 8.52. The summed E-state index contributed by atoms with van der Waals surface area (Å²) in [5.74, 6) is 0.200. The summed E-state index contributed by atoms with van der Waals surface area (Å²) in [6.07, 6.45) is 0.360. The quantitative estimate of drug-likeness (QED) is 0.463. The Labute approximate surface area is 202 Å². The molecule has 0 saturated carbocycles. The van der Waals surface area contributed by atoms with Crippen LogP contribution in [0.15, 0.2) is 62.7 Å². The monoisotopic (exact) mass is 475 g/mol. The van der Waals surface area contributed by atoms with E-state index in [2.05, 4.69) is 25.6 Å². The zero-order chi connectivity index (χ0) is 24.5. The molecule has 0 fully saturated rings. The summed E-state index contributed by atoms with van der Waals surface area (Å²) in [5, 5.41) is 20.2. The zero-order valence-electron chi connectivity index (χ0n) is 19.6. The van der Waals surface area contributed by atoms with E-state index in [9.17, 15) is 9.90 Å². The minimum absolute atomic E-state index is 0.0825. The fraction of sp³-hybridized carbons (Fsp3) is 0.292. The number of nitrogens with one attached hydrogen (secondary N) is 1. The Morgan fingerprint density at radius 1 is 1.23 bits per heavy atom. The SMILES string of the molecule is CN(C)CCCOc1ccc(C(=O)N/N=C2\C3=NC4C(=NON4C)N=C3c3ccccc32)c(O)c1. The van der Waals surface area contributed by atoms with E-state index < -0.39 is 12.1 Å². The van der Waals surface area contributed by atoms with Crippen molar-refractivity contribution in [2.24, 2.45) is 20.2 Å². The predicted octanol–water partition coefficient (Wildman–Crippen LogP) is 1.63. The summed E-state index contributed by atoms with van der Waals surface area (Å²) in [4.78, 5) is 29.4. The van der Waals surface area contributed by atoms with Crippen LogP contribution in [-0.4, -0.2) is 84.4 Å². The van der Waals surface area contributed by atoms with Crippen molar-refractivity contribution in [1.29, 1.82) is 0 Å². The number of rotatable bonds is 7. The highest BCUT2D eigenvalue weighted by Crippen LogP contribution is 2.28. The highest BCUT2D eigenvalue weighted by Gasteiger charge is 2.40. The lowest BCUT2D eigenvalue weighted by Crippen LogP contribution is -2.36. The first-order valence-corrected chi connectivity index (χ1v) is 11.2. The third-order valence-corrected chi connectivity index (χ3v) is 5.70. The molecular weight excluding hydrogens is 450 g/mol. The second-order valence-corrected chi connectivity index (χ2v) is 8.52. The number of hydrogen-bond acceptors (Lipinski definition) is 10. The Morgan fingerprint density at radius 2 is 2.03 bits per heavy atom. The van der Waals surface area contributed by atoms with Crippen molar-refractivity contribution in [1.82, 2.24) is 15.4 Å². The van der Waals surface area contributed by atoms with E-state index in [4.69, 9.17) is 14.7 Å². The average Bonchev–Trinajstić information content (AvgIpc) is 3.36. The molecule has 5 rings (SSSR count). The first-order valence-electron chi connectivity index (χ1n) is 11.2. The average molecular weight is 476 g/mol. The highest BCUT2D eigenvalue weighted by molar-refractivity contribution is 6.80. The Bertz CT molecular complexity index is 1300. The fourth-order valence-corrected chi connectivity index (χ4v) is 3.96. The lowest BCUT2D eigenvalue weighted by molar-refractivity contribution is -0.129. The molecule has 0 bridgehead atoms. The number of amides is 1. The van der Waals surface area contributed by atoms with E-state index in [1.165, 1.54) is 17.2 Å². The number of oxime groups is 1. The van der Waals surface area contributed by atoms with Crippen molar-refractivity contribution in [3.63, 3.8) is 0 Å². The van der Waals surface area contributed by atoms with E-state index in [0.29, 0.717) is 35.3 Å². The molecule has 11 heteroatoms. The molecule has 35 heavy (non-hydrogen) atoms. The van der Waals surface area contributed by atoms with E-state index in [1.807, 2.05) is 38.4 Å². The number of likely N-dealkylation sites (N-methyl/N-ethyl adjacent to an activating group) is 1. The van der Waals surface area contributed by atoms with Gasteiger partial charge >= 0.3 is 0 Å². The van der Waals surface area contributed by atoms with Crippen LogP contribution >= 0.6 is 0 Å². The lowest BCUT2D eigenvalue weighted by atomic mass is 10.1. The number of amidine groups is 1. The topological polar surface area (TPSA) is 124 Å². The standard InChI is InChI=1S/C24H25N7O4/c1-30(2)11-6-12-34-14-9-10-17(18(32)13-14)24(33)28-27-20-16-8-5-4-7-15(16)19-21(20)26-23-22(25-19)29-35-31(23)3/h4-5,7-10,13,23,32H,6,11-12H2,1-3H3,(H,28,33)/b27-20-. The molecule has 1 atom stereocenters. The van der Waals surface area contributed by atoms with E-state index in [1.54, 1.807) is 13.1 Å². The normalized spacial score (nSPS) is 19.4. The molecule has 2 aliphatic heterocycles. The Hall–Kier alpha value is -4.09. The van der Waals surface area contributed by atoms with Crippen LogP contribution in [0.2, 0.25) is 0 Å². The predicted molar refractivity (Wildman–Crippen MR) is 131 cm³/mol. The molecule has 11 nitrogen and oxygen atoms in total. The lowest BCUT2D eigenvalue weighted by Gasteiger charge is -2.16. The number of phenolic OH excluding ortho intramolecular Hbond substituents is 1. The second kappa shape index (κ2) is 9.28. The van der Waals surface area contributed by atoms with Gasteiger partial charge in [0, 0.05) is 30.8 Å². The maximum absolute atomic E-state index is 12.8. The van der Waals surface area contributed by atoms with Gasteiger partial charge in [-0.05, 0) is 37.8 Å². The van der Waals surface area contributed by atoms with Crippen LogP contribution in [-0.2, 0) is 4.94 Å². The number of hydrazone groups is 1. The first-order chi connectivity index (χ1) is 16.9. The largest absolute Gasteiger partial charge is 0.507 e. The number of aliphatic imine (C=N–C) groups is 2. The molecule has 0 aromatic heterocycles. The van der Waals surface area contributed by atoms with Crippen LogP contribution in [0.4, 0.5) is 0 Å². The van der Waals surface area contributed by atoms with Crippen LogP contribution in [0.3, 0.4) is 0 Å². The van der Waals surface area contributed by atoms with Gasteiger partial charge < -0.3 is 14.7 Å². The molecule has 3 aliphatic rings. The van der Waals surface area contributed by atoms with Gasteiger partial charge in [-0.1, -0.05) is 29.3 Å².